The van der Waals surface area contributed by atoms with Crippen LogP contribution in [0, 0.1) is 0 Å². The summed E-state index contributed by atoms with van der Waals surface area (Å²) in [6, 6.07) is 0. The van der Waals surface area contributed by atoms with Gasteiger partial charge in [0, 0.05) is 19.4 Å². The highest BCUT2D eigenvalue weighted by molar-refractivity contribution is 7.47. The van der Waals surface area contributed by atoms with Crippen LogP contribution < -0.4 is 5.32 Å². The number of carbonyl (C=O) groups is 2. The minimum Gasteiger partial charge on any atom is -0.463 e. The van der Waals surface area contributed by atoms with E-state index >= 15 is 0 Å². The van der Waals surface area contributed by atoms with Gasteiger partial charge in [0.05, 0.1) is 13.2 Å². The third kappa shape index (κ3) is 25.6. The zero-order chi connectivity index (χ0) is 28.3. The van der Waals surface area contributed by atoms with Gasteiger partial charge in [0.25, 0.3) is 0 Å². The molecule has 10 heteroatoms. The van der Waals surface area contributed by atoms with Crippen molar-refractivity contribution in [2.75, 3.05) is 26.4 Å². The molecule has 0 aromatic rings. The van der Waals surface area contributed by atoms with Crippen molar-refractivity contribution in [1.29, 1.82) is 0 Å². The zero-order valence-electron chi connectivity index (χ0n) is 23.1. The SMILES string of the molecule is CC/C=C\C/C=C\C/C=C\C/C=C\CCCCC(=O)OCC(O)COP(=O)(O)OCCNC(=O)CCCC. The van der Waals surface area contributed by atoms with Gasteiger partial charge in [0.1, 0.15) is 12.7 Å². The van der Waals surface area contributed by atoms with E-state index in [9.17, 15) is 24.2 Å². The second-order valence-electron chi connectivity index (χ2n) is 8.63. The van der Waals surface area contributed by atoms with Crippen LogP contribution >= 0.6 is 7.82 Å². The Hall–Kier alpha value is -2.03. The summed E-state index contributed by atoms with van der Waals surface area (Å²) in [7, 11) is -4.39. The number of phosphoric acid groups is 1. The Morgan fingerprint density at radius 2 is 1.47 bits per heavy atom. The van der Waals surface area contributed by atoms with Crippen LogP contribution in [0.2, 0.25) is 0 Å². The smallest absolute Gasteiger partial charge is 0.463 e. The Morgan fingerprint density at radius 3 is 2.11 bits per heavy atom. The molecule has 0 aromatic heterocycles. The molecule has 0 aromatic carbocycles. The van der Waals surface area contributed by atoms with E-state index in [1.54, 1.807) is 0 Å². The fourth-order valence-corrected chi connectivity index (χ4v) is 3.69. The molecule has 0 fully saturated rings. The number of hydrogen-bond donors (Lipinski definition) is 3. The van der Waals surface area contributed by atoms with Gasteiger partial charge in [0.2, 0.25) is 5.91 Å². The molecule has 2 unspecified atom stereocenters. The summed E-state index contributed by atoms with van der Waals surface area (Å²) in [4.78, 5) is 32.9. The first-order valence-corrected chi connectivity index (χ1v) is 15.1. The lowest BCUT2D eigenvalue weighted by Gasteiger charge is -2.15. The van der Waals surface area contributed by atoms with Gasteiger partial charge < -0.3 is 20.1 Å². The maximum atomic E-state index is 11.8. The summed E-state index contributed by atoms with van der Waals surface area (Å²) in [6.07, 6.45) is 24.4. The molecule has 2 atom stereocenters. The van der Waals surface area contributed by atoms with Crippen LogP contribution in [0.4, 0.5) is 0 Å². The van der Waals surface area contributed by atoms with Crippen molar-refractivity contribution in [2.24, 2.45) is 0 Å². The predicted octanol–water partition coefficient (Wildman–Crippen LogP) is 5.70. The number of nitrogens with one attached hydrogen (secondary N) is 1. The third-order valence-electron chi connectivity index (χ3n) is 5.02. The van der Waals surface area contributed by atoms with Crippen LogP contribution in [0.5, 0.6) is 0 Å². The van der Waals surface area contributed by atoms with Crippen LogP contribution in [-0.4, -0.2) is 54.3 Å². The van der Waals surface area contributed by atoms with Crippen LogP contribution in [0.15, 0.2) is 48.6 Å². The molecule has 0 heterocycles. The molecule has 0 saturated carbocycles. The van der Waals surface area contributed by atoms with Gasteiger partial charge in [-0.3, -0.25) is 18.6 Å². The Balaban J connectivity index is 3.76. The molecular weight excluding hydrogens is 509 g/mol. The molecule has 0 spiro atoms. The fraction of sp³-hybridized carbons (Fsp3) is 0.643. The Labute approximate surface area is 228 Å². The van der Waals surface area contributed by atoms with Crippen molar-refractivity contribution < 1.29 is 37.9 Å². The molecule has 0 saturated heterocycles. The van der Waals surface area contributed by atoms with Crippen molar-refractivity contribution in [3.8, 4) is 0 Å². The number of carbonyl (C=O) groups excluding carboxylic acids is 2. The molecule has 0 radical (unpaired) electrons. The number of allylic oxidation sites excluding steroid dienone is 8. The number of amides is 1. The first-order chi connectivity index (χ1) is 18.3. The largest absolute Gasteiger partial charge is 0.472 e. The summed E-state index contributed by atoms with van der Waals surface area (Å²) in [5, 5.41) is 12.4. The lowest BCUT2D eigenvalue weighted by atomic mass is 10.2. The first-order valence-electron chi connectivity index (χ1n) is 13.6. The van der Waals surface area contributed by atoms with Gasteiger partial charge in [-0.15, -0.1) is 0 Å². The maximum Gasteiger partial charge on any atom is 0.472 e. The van der Waals surface area contributed by atoms with E-state index in [1.807, 2.05) is 6.92 Å². The summed E-state index contributed by atoms with van der Waals surface area (Å²) < 4.78 is 26.2. The first kappa shape index (κ1) is 36.0. The van der Waals surface area contributed by atoms with Crippen molar-refractivity contribution in [2.45, 2.75) is 90.6 Å². The van der Waals surface area contributed by atoms with E-state index in [1.165, 1.54) is 0 Å². The fourth-order valence-electron chi connectivity index (χ4n) is 2.93. The summed E-state index contributed by atoms with van der Waals surface area (Å²) in [5.74, 6) is -0.604. The van der Waals surface area contributed by atoms with Gasteiger partial charge in [-0.2, -0.15) is 0 Å². The van der Waals surface area contributed by atoms with Crippen LogP contribution in [0.25, 0.3) is 0 Å². The van der Waals surface area contributed by atoms with Crippen molar-refractivity contribution in [3.63, 3.8) is 0 Å². The minimum absolute atomic E-state index is 0.0684. The van der Waals surface area contributed by atoms with E-state index in [2.05, 4.69) is 60.8 Å². The topological polar surface area (TPSA) is 131 Å². The van der Waals surface area contributed by atoms with Crippen LogP contribution in [0.1, 0.15) is 84.5 Å². The van der Waals surface area contributed by atoms with Gasteiger partial charge in [-0.1, -0.05) is 68.9 Å². The number of aliphatic hydroxyl groups is 1. The molecule has 38 heavy (non-hydrogen) atoms. The zero-order valence-corrected chi connectivity index (χ0v) is 24.0. The number of ether oxygens (including phenoxy) is 1. The van der Waals surface area contributed by atoms with E-state index < -0.39 is 26.5 Å². The summed E-state index contributed by atoms with van der Waals surface area (Å²) >= 11 is 0. The number of phosphoric ester groups is 1. The van der Waals surface area contributed by atoms with E-state index in [0.717, 1.165) is 51.4 Å². The average molecular weight is 558 g/mol. The predicted molar refractivity (Wildman–Crippen MR) is 150 cm³/mol. The lowest BCUT2D eigenvalue weighted by molar-refractivity contribution is -0.147. The van der Waals surface area contributed by atoms with E-state index in [-0.39, 0.29) is 32.1 Å². The Kier molecular flexibility index (Phi) is 23.9. The average Bonchev–Trinajstić information content (AvgIpc) is 2.89. The quantitative estimate of drug-likeness (QED) is 0.0596. The van der Waals surface area contributed by atoms with Gasteiger partial charge in [-0.05, 0) is 51.4 Å². The van der Waals surface area contributed by atoms with E-state index in [0.29, 0.717) is 12.8 Å². The monoisotopic (exact) mass is 557 g/mol. The highest BCUT2D eigenvalue weighted by Gasteiger charge is 2.23. The lowest BCUT2D eigenvalue weighted by Crippen LogP contribution is -2.27. The van der Waals surface area contributed by atoms with Crippen molar-refractivity contribution in [1.82, 2.24) is 5.32 Å². The Morgan fingerprint density at radius 1 is 0.842 bits per heavy atom. The summed E-state index contributed by atoms with van der Waals surface area (Å²) in [5.41, 5.74) is 0. The van der Waals surface area contributed by atoms with Gasteiger partial charge in [-0.25, -0.2) is 4.57 Å². The van der Waals surface area contributed by atoms with Crippen molar-refractivity contribution in [3.05, 3.63) is 48.6 Å². The highest BCUT2D eigenvalue weighted by Crippen LogP contribution is 2.42. The Bertz CT molecular complexity index is 779. The van der Waals surface area contributed by atoms with Crippen LogP contribution in [0.3, 0.4) is 0 Å². The molecule has 0 aliphatic carbocycles. The molecule has 9 nitrogen and oxygen atoms in total. The molecule has 3 N–H and O–H groups in total. The summed E-state index contributed by atoms with van der Waals surface area (Å²) in [6.45, 7) is 3.08. The molecule has 1 amide bonds. The number of rotatable bonds is 24. The molecule has 0 rings (SSSR count). The standard InChI is InChI=1S/C28H48NO8P/c1-3-5-7-8-9-10-11-12-13-14-15-16-17-18-19-21-28(32)35-24-26(30)25-37-38(33,34)36-23-22-29-27(31)20-6-4-2/h5,7,9-10,12-13,15-16,26,30H,3-4,6,8,11,14,17-25H2,1-2H3,(H,29,31)(H,33,34)/b7-5-,10-9-,13-12-,16-15-. The van der Waals surface area contributed by atoms with Gasteiger partial charge >= 0.3 is 13.8 Å². The molecule has 0 aliphatic heterocycles. The van der Waals surface area contributed by atoms with Crippen LogP contribution in [-0.2, 0) is 27.9 Å². The maximum absolute atomic E-state index is 11.8. The molecular formula is C28H48NO8P. The highest BCUT2D eigenvalue weighted by atomic mass is 31.2. The molecule has 0 aliphatic rings. The number of hydrogen-bond acceptors (Lipinski definition) is 7. The number of aliphatic hydroxyl groups excluding tert-OH is 1. The van der Waals surface area contributed by atoms with E-state index in [4.69, 9.17) is 13.8 Å². The third-order valence-corrected chi connectivity index (χ3v) is 6.01. The minimum atomic E-state index is -4.39. The second-order valence-corrected chi connectivity index (χ2v) is 10.1. The molecule has 0 bridgehead atoms. The second kappa shape index (κ2) is 25.3. The number of unbranched alkanes of at least 4 members (excludes halogenated alkanes) is 3. The van der Waals surface area contributed by atoms with Gasteiger partial charge in [0.15, 0.2) is 0 Å². The molecule has 218 valence electrons. The number of esters is 1. The normalized spacial score (nSPS) is 14.5. The van der Waals surface area contributed by atoms with Crippen molar-refractivity contribution >= 4 is 19.7 Å².